The van der Waals surface area contributed by atoms with Crippen molar-refractivity contribution in [3.8, 4) is 5.75 Å². The number of alkyl halides is 3. The van der Waals surface area contributed by atoms with Crippen LogP contribution >= 0.6 is 0 Å². The fourth-order valence-electron chi connectivity index (χ4n) is 4.55. The minimum absolute atomic E-state index is 0.297. The Morgan fingerprint density at radius 3 is 1.70 bits per heavy atom. The van der Waals surface area contributed by atoms with Gasteiger partial charge in [0.15, 0.2) is 0 Å². The number of aliphatic hydroxyl groups is 1. The first-order valence-electron chi connectivity index (χ1n) is 11.2. The standard InChI is InChI=1S/C25H33F3O4S/c1-7-23(8-2,19-11-13-21(17(5)15-19)24(29,9-3)10-4)20-12-14-22(18(6)16-20)32-33(30,31)25(26,27)28/h11-16,29H,7-10H2,1-6H3. The van der Waals surface area contributed by atoms with E-state index >= 15 is 0 Å². The highest BCUT2D eigenvalue weighted by Gasteiger charge is 2.48. The summed E-state index contributed by atoms with van der Waals surface area (Å²) >= 11 is 0. The van der Waals surface area contributed by atoms with Crippen LogP contribution in [0.25, 0.3) is 0 Å². The van der Waals surface area contributed by atoms with Crippen LogP contribution in [0.2, 0.25) is 0 Å². The average molecular weight is 487 g/mol. The molecule has 4 nitrogen and oxygen atoms in total. The highest BCUT2D eigenvalue weighted by Crippen LogP contribution is 2.42. The minimum atomic E-state index is -5.74. The van der Waals surface area contributed by atoms with Crippen LogP contribution in [0.1, 0.15) is 81.2 Å². The Bertz CT molecular complexity index is 1080. The molecule has 0 fully saturated rings. The van der Waals surface area contributed by atoms with Crippen LogP contribution in [0, 0.1) is 13.8 Å². The van der Waals surface area contributed by atoms with Gasteiger partial charge in [0.2, 0.25) is 0 Å². The Hall–Kier alpha value is -2.06. The molecule has 0 unspecified atom stereocenters. The van der Waals surface area contributed by atoms with Crippen molar-refractivity contribution in [3.63, 3.8) is 0 Å². The lowest BCUT2D eigenvalue weighted by molar-refractivity contribution is -0.0500. The lowest BCUT2D eigenvalue weighted by Crippen LogP contribution is -2.29. The summed E-state index contributed by atoms with van der Waals surface area (Å²) in [4.78, 5) is 0. The van der Waals surface area contributed by atoms with E-state index < -0.39 is 26.6 Å². The van der Waals surface area contributed by atoms with Crippen LogP contribution < -0.4 is 4.18 Å². The Morgan fingerprint density at radius 1 is 0.818 bits per heavy atom. The fourth-order valence-corrected chi connectivity index (χ4v) is 5.07. The third-order valence-electron chi connectivity index (χ3n) is 6.87. The van der Waals surface area contributed by atoms with Gasteiger partial charge in [0.05, 0.1) is 5.60 Å². The number of aryl methyl sites for hydroxylation is 2. The molecule has 0 heterocycles. The first-order valence-corrected chi connectivity index (χ1v) is 12.6. The molecule has 2 aromatic carbocycles. The third-order valence-corrected chi connectivity index (χ3v) is 7.83. The summed E-state index contributed by atoms with van der Waals surface area (Å²) in [6, 6.07) is 10.6. The minimum Gasteiger partial charge on any atom is -0.385 e. The van der Waals surface area contributed by atoms with Crippen molar-refractivity contribution in [2.75, 3.05) is 0 Å². The maximum atomic E-state index is 12.7. The third kappa shape index (κ3) is 5.06. The van der Waals surface area contributed by atoms with E-state index in [0.29, 0.717) is 31.2 Å². The molecule has 0 atom stereocenters. The van der Waals surface area contributed by atoms with Gasteiger partial charge in [0.1, 0.15) is 5.75 Å². The van der Waals surface area contributed by atoms with Crippen LogP contribution in [-0.2, 0) is 21.1 Å². The molecule has 0 aromatic heterocycles. The van der Waals surface area contributed by atoms with E-state index in [1.54, 1.807) is 12.1 Å². The monoisotopic (exact) mass is 486 g/mol. The lowest BCUT2D eigenvalue weighted by Gasteiger charge is -2.35. The topological polar surface area (TPSA) is 63.6 Å². The maximum Gasteiger partial charge on any atom is 0.534 e. The second-order valence-corrected chi connectivity index (χ2v) is 10.1. The summed E-state index contributed by atoms with van der Waals surface area (Å²) in [6.45, 7) is 11.5. The number of hydrogen-bond acceptors (Lipinski definition) is 4. The van der Waals surface area contributed by atoms with Gasteiger partial charge >= 0.3 is 15.6 Å². The van der Waals surface area contributed by atoms with Crippen molar-refractivity contribution in [1.29, 1.82) is 0 Å². The zero-order valence-electron chi connectivity index (χ0n) is 20.0. The van der Waals surface area contributed by atoms with Crippen molar-refractivity contribution in [2.24, 2.45) is 0 Å². The first kappa shape index (κ1) is 27.2. The largest absolute Gasteiger partial charge is 0.534 e. The number of hydrogen-bond donors (Lipinski definition) is 1. The Kier molecular flexibility index (Phi) is 7.96. The van der Waals surface area contributed by atoms with E-state index in [1.165, 1.54) is 13.0 Å². The molecule has 0 amide bonds. The van der Waals surface area contributed by atoms with E-state index in [1.807, 2.05) is 46.8 Å². The van der Waals surface area contributed by atoms with Gasteiger partial charge in [-0.25, -0.2) is 0 Å². The van der Waals surface area contributed by atoms with Crippen molar-refractivity contribution < 1.29 is 30.9 Å². The van der Waals surface area contributed by atoms with E-state index in [0.717, 1.165) is 22.3 Å². The van der Waals surface area contributed by atoms with E-state index in [-0.39, 0.29) is 5.75 Å². The van der Waals surface area contributed by atoms with Crippen LogP contribution in [0.3, 0.4) is 0 Å². The van der Waals surface area contributed by atoms with Crippen molar-refractivity contribution in [3.05, 3.63) is 64.2 Å². The summed E-state index contributed by atoms with van der Waals surface area (Å²) < 4.78 is 65.4. The first-order chi connectivity index (χ1) is 15.2. The second kappa shape index (κ2) is 9.66. The van der Waals surface area contributed by atoms with Crippen molar-refractivity contribution >= 4 is 10.1 Å². The Morgan fingerprint density at radius 2 is 1.30 bits per heavy atom. The lowest BCUT2D eigenvalue weighted by atomic mass is 9.69. The summed E-state index contributed by atoms with van der Waals surface area (Å²) in [5.41, 5.74) is -2.80. The summed E-state index contributed by atoms with van der Waals surface area (Å²) in [5.74, 6) is -0.348. The molecule has 0 aliphatic carbocycles. The Balaban J connectivity index is 2.56. The van der Waals surface area contributed by atoms with E-state index in [4.69, 9.17) is 0 Å². The average Bonchev–Trinajstić information content (AvgIpc) is 2.75. The highest BCUT2D eigenvalue weighted by atomic mass is 32.2. The van der Waals surface area contributed by atoms with Crippen LogP contribution in [0.4, 0.5) is 13.2 Å². The number of halogens is 3. The smallest absolute Gasteiger partial charge is 0.385 e. The van der Waals surface area contributed by atoms with Gasteiger partial charge in [-0.3, -0.25) is 0 Å². The predicted molar refractivity (Wildman–Crippen MR) is 124 cm³/mol. The second-order valence-electron chi connectivity index (χ2n) is 8.52. The quantitative estimate of drug-likeness (QED) is 0.319. The van der Waals surface area contributed by atoms with Gasteiger partial charge in [-0.2, -0.15) is 21.6 Å². The van der Waals surface area contributed by atoms with Crippen LogP contribution in [-0.4, -0.2) is 19.0 Å². The molecule has 0 bridgehead atoms. The molecule has 2 aromatic rings. The van der Waals surface area contributed by atoms with Crippen molar-refractivity contribution in [2.45, 2.75) is 83.8 Å². The van der Waals surface area contributed by atoms with Crippen LogP contribution in [0.5, 0.6) is 5.75 Å². The summed E-state index contributed by atoms with van der Waals surface area (Å²) in [6.07, 6.45) is 2.62. The molecule has 0 aliphatic rings. The van der Waals surface area contributed by atoms with Gasteiger partial charge < -0.3 is 9.29 Å². The molecule has 0 saturated carbocycles. The molecule has 0 radical (unpaired) electrons. The summed E-state index contributed by atoms with van der Waals surface area (Å²) in [5, 5.41) is 11.0. The molecular formula is C25H33F3O4S. The van der Waals surface area contributed by atoms with E-state index in [9.17, 15) is 26.7 Å². The Labute approximate surface area is 194 Å². The molecule has 2 rings (SSSR count). The molecule has 0 saturated heterocycles. The van der Waals surface area contributed by atoms with E-state index in [2.05, 4.69) is 10.2 Å². The zero-order valence-corrected chi connectivity index (χ0v) is 20.8. The van der Waals surface area contributed by atoms with Crippen LogP contribution in [0.15, 0.2) is 36.4 Å². The molecule has 33 heavy (non-hydrogen) atoms. The van der Waals surface area contributed by atoms with Crippen molar-refractivity contribution in [1.82, 2.24) is 0 Å². The molecule has 1 N–H and O–H groups in total. The van der Waals surface area contributed by atoms with Gasteiger partial charge in [-0.05, 0) is 73.4 Å². The molecule has 0 spiro atoms. The van der Waals surface area contributed by atoms with Gasteiger partial charge in [0, 0.05) is 5.41 Å². The van der Waals surface area contributed by atoms with Gasteiger partial charge in [-0.15, -0.1) is 0 Å². The molecule has 8 heteroatoms. The number of benzene rings is 2. The molecule has 184 valence electrons. The number of rotatable bonds is 9. The summed E-state index contributed by atoms with van der Waals surface area (Å²) in [7, 11) is -5.74. The normalized spacial score (nSPS) is 13.3. The molecule has 0 aliphatic heterocycles. The maximum absolute atomic E-state index is 12.7. The zero-order chi connectivity index (χ0) is 25.2. The molecular weight excluding hydrogens is 453 g/mol. The fraction of sp³-hybridized carbons (Fsp3) is 0.520. The van der Waals surface area contributed by atoms with Gasteiger partial charge in [-0.1, -0.05) is 58.0 Å². The predicted octanol–water partition coefficient (Wildman–Crippen LogP) is 6.65. The van der Waals surface area contributed by atoms with Gasteiger partial charge in [0.25, 0.3) is 0 Å². The highest BCUT2D eigenvalue weighted by molar-refractivity contribution is 7.88. The SMILES string of the molecule is CCC(O)(CC)c1ccc(C(CC)(CC)c2ccc(OS(=O)(=O)C(F)(F)F)c(C)c2)cc1C.